The molecule has 0 spiro atoms. The van der Waals surface area contributed by atoms with Gasteiger partial charge in [0.2, 0.25) is 5.91 Å². The molecule has 0 fully saturated rings. The number of rotatable bonds is 4. The maximum Gasteiger partial charge on any atom is 0.226 e. The molecule has 6 nitrogen and oxygen atoms in total. The summed E-state index contributed by atoms with van der Waals surface area (Å²) in [5.74, 6) is -0.0499. The molecule has 1 aliphatic heterocycles. The van der Waals surface area contributed by atoms with Crippen LogP contribution in [-0.2, 0) is 24.2 Å². The average molecular weight is 300 g/mol. The van der Waals surface area contributed by atoms with Crippen LogP contribution in [0.15, 0.2) is 28.9 Å². The highest BCUT2D eigenvalue weighted by Gasteiger charge is 2.23. The Bertz CT molecular complexity index is 668. The lowest BCUT2D eigenvalue weighted by Gasteiger charge is -2.34. The molecule has 1 amide bonds. The molecule has 2 aromatic rings. The molecular weight excluding hydrogens is 280 g/mol. The minimum Gasteiger partial charge on any atom is -0.354 e. The Kier molecular flexibility index (Phi) is 4.20. The summed E-state index contributed by atoms with van der Waals surface area (Å²) in [6, 6.07) is 8.79. The molecule has 1 aliphatic rings. The predicted octanol–water partition coefficient (Wildman–Crippen LogP) is 1.09. The van der Waals surface area contributed by atoms with Crippen LogP contribution >= 0.6 is 0 Å². The first-order valence-corrected chi connectivity index (χ1v) is 7.45. The molecule has 0 bridgehead atoms. The molecule has 0 unspecified atom stereocenters. The van der Waals surface area contributed by atoms with E-state index in [1.54, 1.807) is 6.92 Å². The number of benzene rings is 1. The summed E-state index contributed by atoms with van der Waals surface area (Å²) in [7, 11) is 2.10. The molecule has 22 heavy (non-hydrogen) atoms. The van der Waals surface area contributed by atoms with E-state index in [2.05, 4.69) is 56.5 Å². The molecule has 1 N–H and O–H groups in total. The second-order valence-corrected chi connectivity index (χ2v) is 5.82. The van der Waals surface area contributed by atoms with Gasteiger partial charge in [0.05, 0.1) is 6.42 Å². The first-order valence-electron chi connectivity index (χ1n) is 7.45. The van der Waals surface area contributed by atoms with Crippen LogP contribution in [0, 0.1) is 6.92 Å². The van der Waals surface area contributed by atoms with E-state index in [0.29, 0.717) is 24.0 Å². The fourth-order valence-electron chi connectivity index (χ4n) is 2.80. The second-order valence-electron chi connectivity index (χ2n) is 5.82. The zero-order chi connectivity index (χ0) is 15.5. The third-order valence-electron chi connectivity index (χ3n) is 4.23. The Balaban J connectivity index is 1.55. The van der Waals surface area contributed by atoms with Gasteiger partial charge in [0, 0.05) is 19.1 Å². The predicted molar refractivity (Wildman–Crippen MR) is 81.1 cm³/mol. The average Bonchev–Trinajstić information content (AvgIpc) is 2.90. The lowest BCUT2D eigenvalue weighted by atomic mass is 9.94. The van der Waals surface area contributed by atoms with Crippen molar-refractivity contribution in [2.24, 2.45) is 0 Å². The van der Waals surface area contributed by atoms with Crippen LogP contribution in [0.3, 0.4) is 0 Å². The van der Waals surface area contributed by atoms with Crippen molar-refractivity contribution in [2.75, 3.05) is 13.6 Å². The number of carbonyl (C=O) groups is 1. The molecule has 6 heteroatoms. The highest BCUT2D eigenvalue weighted by atomic mass is 16.6. The Morgan fingerprint density at radius 2 is 2.14 bits per heavy atom. The largest absolute Gasteiger partial charge is 0.354 e. The van der Waals surface area contributed by atoms with Crippen molar-refractivity contribution in [1.82, 2.24) is 20.5 Å². The van der Waals surface area contributed by atoms with Gasteiger partial charge in [0.1, 0.15) is 11.4 Å². The maximum atomic E-state index is 12.0. The topological polar surface area (TPSA) is 71.3 Å². The monoisotopic (exact) mass is 300 g/mol. The van der Waals surface area contributed by atoms with Crippen molar-refractivity contribution in [2.45, 2.75) is 32.4 Å². The van der Waals surface area contributed by atoms with Crippen LogP contribution in [0.4, 0.5) is 0 Å². The maximum absolute atomic E-state index is 12.0. The molecule has 116 valence electrons. The SMILES string of the molecule is Cc1nonc1CC(=O)NC[C@H]1Cc2ccccc2CN1C. The second kappa shape index (κ2) is 6.27. The van der Waals surface area contributed by atoms with E-state index in [1.165, 1.54) is 11.1 Å². The number of nitrogens with one attached hydrogen (secondary N) is 1. The van der Waals surface area contributed by atoms with Crippen LogP contribution < -0.4 is 5.32 Å². The van der Waals surface area contributed by atoms with Crippen molar-refractivity contribution < 1.29 is 9.42 Å². The van der Waals surface area contributed by atoms with Gasteiger partial charge in [-0.25, -0.2) is 4.63 Å². The Morgan fingerprint density at radius 1 is 1.36 bits per heavy atom. The van der Waals surface area contributed by atoms with Gasteiger partial charge < -0.3 is 5.32 Å². The Morgan fingerprint density at radius 3 is 2.86 bits per heavy atom. The molecule has 0 saturated carbocycles. The number of fused-ring (bicyclic) bond motifs is 1. The van der Waals surface area contributed by atoms with E-state index in [4.69, 9.17) is 0 Å². The molecule has 2 heterocycles. The summed E-state index contributed by atoms with van der Waals surface area (Å²) in [5.41, 5.74) is 4.01. The number of aromatic nitrogens is 2. The van der Waals surface area contributed by atoms with E-state index >= 15 is 0 Å². The summed E-state index contributed by atoms with van der Waals surface area (Å²) in [5, 5.41) is 10.4. The standard InChI is InChI=1S/C16H20N4O2/c1-11-15(19-22-18-11)8-16(21)17-9-14-7-12-5-3-4-6-13(12)10-20(14)2/h3-6,14H,7-10H2,1-2H3,(H,17,21)/t14-/m1/s1. The van der Waals surface area contributed by atoms with Crippen LogP contribution in [0.25, 0.3) is 0 Å². The highest BCUT2D eigenvalue weighted by molar-refractivity contribution is 5.78. The summed E-state index contributed by atoms with van der Waals surface area (Å²) in [6.07, 6.45) is 1.17. The zero-order valence-electron chi connectivity index (χ0n) is 12.9. The molecule has 0 saturated heterocycles. The highest BCUT2D eigenvalue weighted by Crippen LogP contribution is 2.21. The molecule has 0 radical (unpaired) electrons. The number of aryl methyl sites for hydroxylation is 1. The smallest absolute Gasteiger partial charge is 0.226 e. The summed E-state index contributed by atoms with van der Waals surface area (Å²) < 4.78 is 4.61. The van der Waals surface area contributed by atoms with Crippen LogP contribution in [0.5, 0.6) is 0 Å². The number of carbonyl (C=O) groups excluding carboxylic acids is 1. The quantitative estimate of drug-likeness (QED) is 0.915. The number of nitrogens with zero attached hydrogens (tertiary/aromatic N) is 3. The van der Waals surface area contributed by atoms with Crippen LogP contribution in [0.2, 0.25) is 0 Å². The molecule has 1 aromatic carbocycles. The van der Waals surface area contributed by atoms with Crippen LogP contribution in [-0.4, -0.2) is 40.8 Å². The van der Waals surface area contributed by atoms with Gasteiger partial charge in [0.25, 0.3) is 0 Å². The van der Waals surface area contributed by atoms with Crippen molar-refractivity contribution in [3.05, 3.63) is 46.8 Å². The van der Waals surface area contributed by atoms with E-state index in [9.17, 15) is 4.79 Å². The minimum atomic E-state index is -0.0499. The minimum absolute atomic E-state index is 0.0499. The van der Waals surface area contributed by atoms with Gasteiger partial charge in [-0.05, 0) is 31.5 Å². The van der Waals surface area contributed by atoms with Gasteiger partial charge in [-0.1, -0.05) is 34.6 Å². The lowest BCUT2D eigenvalue weighted by Crippen LogP contribution is -2.45. The van der Waals surface area contributed by atoms with Gasteiger partial charge >= 0.3 is 0 Å². The summed E-state index contributed by atoms with van der Waals surface area (Å²) in [4.78, 5) is 14.3. The molecule has 3 rings (SSSR count). The van der Waals surface area contributed by atoms with Crippen molar-refractivity contribution in [3.63, 3.8) is 0 Å². The Labute approximate surface area is 129 Å². The first-order chi connectivity index (χ1) is 10.6. The van der Waals surface area contributed by atoms with E-state index in [1.807, 2.05) is 0 Å². The molecule has 0 aliphatic carbocycles. The third kappa shape index (κ3) is 3.17. The molecule has 1 atom stereocenters. The van der Waals surface area contributed by atoms with E-state index in [-0.39, 0.29) is 12.3 Å². The van der Waals surface area contributed by atoms with E-state index in [0.717, 1.165) is 13.0 Å². The third-order valence-corrected chi connectivity index (χ3v) is 4.23. The number of hydrogen-bond donors (Lipinski definition) is 1. The van der Waals surface area contributed by atoms with Gasteiger partial charge in [0.15, 0.2) is 0 Å². The number of amides is 1. The molecule has 1 aromatic heterocycles. The number of likely N-dealkylation sites (N-methyl/N-ethyl adjacent to an activating group) is 1. The van der Waals surface area contributed by atoms with Crippen molar-refractivity contribution >= 4 is 5.91 Å². The Hall–Kier alpha value is -2.21. The normalized spacial score (nSPS) is 18.0. The van der Waals surface area contributed by atoms with Crippen molar-refractivity contribution in [1.29, 1.82) is 0 Å². The van der Waals surface area contributed by atoms with Gasteiger partial charge in [-0.2, -0.15) is 0 Å². The fraction of sp³-hybridized carbons (Fsp3) is 0.438. The van der Waals surface area contributed by atoms with Crippen LogP contribution in [0.1, 0.15) is 22.5 Å². The van der Waals surface area contributed by atoms with Crippen molar-refractivity contribution in [3.8, 4) is 0 Å². The fourth-order valence-corrected chi connectivity index (χ4v) is 2.80. The zero-order valence-corrected chi connectivity index (χ0v) is 12.9. The molecular formula is C16H20N4O2. The van der Waals surface area contributed by atoms with E-state index < -0.39 is 0 Å². The summed E-state index contributed by atoms with van der Waals surface area (Å²) in [6.45, 7) is 3.34. The summed E-state index contributed by atoms with van der Waals surface area (Å²) >= 11 is 0. The van der Waals surface area contributed by atoms with Gasteiger partial charge in [-0.3, -0.25) is 9.69 Å². The number of hydrogen-bond acceptors (Lipinski definition) is 5. The first kappa shape index (κ1) is 14.7. The lowest BCUT2D eigenvalue weighted by molar-refractivity contribution is -0.120. The van der Waals surface area contributed by atoms with Gasteiger partial charge in [-0.15, -0.1) is 0 Å².